The molecule has 0 fully saturated rings. The molecular formula is C20H22N4O5. The standard InChI is InChI=1S/C20H22N4O5/c1-4-24-12-16(18(23-24)20(26)21-11-14-6-5-9-29-14)22-19(25)15-8-7-13(27-2)10-17(15)28-3/h5-10,12H,4,11H2,1-3H3,(H,21,26)(H,22,25). The molecule has 2 heterocycles. The van der Waals surface area contributed by atoms with Gasteiger partial charge in [0.15, 0.2) is 5.69 Å². The highest BCUT2D eigenvalue weighted by molar-refractivity contribution is 6.09. The van der Waals surface area contributed by atoms with Gasteiger partial charge in [-0.25, -0.2) is 0 Å². The minimum atomic E-state index is -0.430. The van der Waals surface area contributed by atoms with Crippen LogP contribution >= 0.6 is 0 Å². The third-order valence-electron chi connectivity index (χ3n) is 4.21. The Hall–Kier alpha value is -3.75. The molecule has 0 atom stereocenters. The molecule has 0 aliphatic carbocycles. The molecule has 0 aliphatic heterocycles. The summed E-state index contributed by atoms with van der Waals surface area (Å²) in [7, 11) is 3.00. The molecule has 2 N–H and O–H groups in total. The van der Waals surface area contributed by atoms with E-state index < -0.39 is 11.8 Å². The molecule has 0 spiro atoms. The smallest absolute Gasteiger partial charge is 0.274 e. The normalized spacial score (nSPS) is 10.4. The second-order valence-corrected chi connectivity index (χ2v) is 6.03. The third kappa shape index (κ3) is 4.57. The monoisotopic (exact) mass is 398 g/mol. The maximum Gasteiger partial charge on any atom is 0.274 e. The zero-order chi connectivity index (χ0) is 20.8. The first-order valence-corrected chi connectivity index (χ1v) is 8.97. The van der Waals surface area contributed by atoms with Gasteiger partial charge in [-0.1, -0.05) is 0 Å². The van der Waals surface area contributed by atoms with Crippen LogP contribution in [0.2, 0.25) is 0 Å². The summed E-state index contributed by atoms with van der Waals surface area (Å²) in [5, 5.41) is 9.72. The molecule has 9 heteroatoms. The van der Waals surface area contributed by atoms with Gasteiger partial charge in [-0.3, -0.25) is 14.3 Å². The first-order valence-electron chi connectivity index (χ1n) is 8.97. The lowest BCUT2D eigenvalue weighted by atomic mass is 10.1. The van der Waals surface area contributed by atoms with Gasteiger partial charge in [-0.15, -0.1) is 0 Å². The second-order valence-electron chi connectivity index (χ2n) is 6.03. The predicted octanol–water partition coefficient (Wildman–Crippen LogP) is 2.70. The van der Waals surface area contributed by atoms with E-state index in [4.69, 9.17) is 13.9 Å². The number of nitrogens with zero attached hydrogens (tertiary/aromatic N) is 2. The van der Waals surface area contributed by atoms with Crippen molar-refractivity contribution in [1.29, 1.82) is 0 Å². The van der Waals surface area contributed by atoms with Gasteiger partial charge in [0, 0.05) is 18.8 Å². The van der Waals surface area contributed by atoms with Crippen molar-refractivity contribution in [1.82, 2.24) is 15.1 Å². The molecule has 1 aromatic carbocycles. The highest BCUT2D eigenvalue weighted by atomic mass is 16.5. The Morgan fingerprint density at radius 1 is 1.17 bits per heavy atom. The number of anilines is 1. The molecule has 0 saturated carbocycles. The summed E-state index contributed by atoms with van der Waals surface area (Å²) in [6.45, 7) is 2.64. The van der Waals surface area contributed by atoms with E-state index in [1.165, 1.54) is 20.5 Å². The van der Waals surface area contributed by atoms with Crippen LogP contribution in [0.1, 0.15) is 33.5 Å². The molecule has 2 amide bonds. The zero-order valence-electron chi connectivity index (χ0n) is 16.4. The summed E-state index contributed by atoms with van der Waals surface area (Å²) in [4.78, 5) is 25.4. The lowest BCUT2D eigenvalue weighted by molar-refractivity contribution is 0.0943. The van der Waals surface area contributed by atoms with E-state index in [-0.39, 0.29) is 12.2 Å². The van der Waals surface area contributed by atoms with Gasteiger partial charge in [-0.2, -0.15) is 5.10 Å². The van der Waals surface area contributed by atoms with Crippen molar-refractivity contribution >= 4 is 17.5 Å². The number of aryl methyl sites for hydroxylation is 1. The number of hydrogen-bond donors (Lipinski definition) is 2. The Bertz CT molecular complexity index is 994. The first-order chi connectivity index (χ1) is 14.0. The van der Waals surface area contributed by atoms with Gasteiger partial charge in [0.25, 0.3) is 11.8 Å². The maximum absolute atomic E-state index is 12.8. The number of hydrogen-bond acceptors (Lipinski definition) is 6. The number of rotatable bonds is 8. The SMILES string of the molecule is CCn1cc(NC(=O)c2ccc(OC)cc2OC)c(C(=O)NCc2ccco2)n1. The molecule has 29 heavy (non-hydrogen) atoms. The summed E-state index contributed by atoms with van der Waals surface area (Å²) < 4.78 is 17.2. The average Bonchev–Trinajstić information content (AvgIpc) is 3.41. The summed E-state index contributed by atoms with van der Waals surface area (Å²) >= 11 is 0. The summed E-state index contributed by atoms with van der Waals surface area (Å²) in [5.74, 6) is 0.677. The Morgan fingerprint density at radius 2 is 2.00 bits per heavy atom. The van der Waals surface area contributed by atoms with Gasteiger partial charge in [0.1, 0.15) is 17.3 Å². The van der Waals surface area contributed by atoms with Crippen LogP contribution in [0, 0.1) is 0 Å². The Kier molecular flexibility index (Phi) is 6.18. The van der Waals surface area contributed by atoms with Crippen molar-refractivity contribution in [2.24, 2.45) is 0 Å². The molecule has 3 aromatic rings. The van der Waals surface area contributed by atoms with Crippen LogP contribution in [0.25, 0.3) is 0 Å². The molecule has 0 radical (unpaired) electrons. The van der Waals surface area contributed by atoms with E-state index in [0.717, 1.165) is 0 Å². The molecule has 152 valence electrons. The van der Waals surface area contributed by atoms with E-state index in [1.54, 1.807) is 41.2 Å². The summed E-state index contributed by atoms with van der Waals surface area (Å²) in [5.41, 5.74) is 0.713. The lowest BCUT2D eigenvalue weighted by Gasteiger charge is -2.10. The number of methoxy groups -OCH3 is 2. The van der Waals surface area contributed by atoms with Gasteiger partial charge in [-0.05, 0) is 31.2 Å². The number of carbonyl (C=O) groups excluding carboxylic acids is 2. The fraction of sp³-hybridized carbons (Fsp3) is 0.250. The van der Waals surface area contributed by atoms with Crippen molar-refractivity contribution in [3.8, 4) is 11.5 Å². The van der Waals surface area contributed by atoms with Crippen LogP contribution in [-0.4, -0.2) is 35.8 Å². The highest BCUT2D eigenvalue weighted by Crippen LogP contribution is 2.26. The van der Waals surface area contributed by atoms with E-state index in [2.05, 4.69) is 15.7 Å². The Labute approximate surface area is 167 Å². The third-order valence-corrected chi connectivity index (χ3v) is 4.21. The quantitative estimate of drug-likeness (QED) is 0.604. The van der Waals surface area contributed by atoms with Crippen molar-refractivity contribution in [2.45, 2.75) is 20.0 Å². The van der Waals surface area contributed by atoms with Crippen molar-refractivity contribution in [3.63, 3.8) is 0 Å². The fourth-order valence-electron chi connectivity index (χ4n) is 2.68. The van der Waals surface area contributed by atoms with Crippen LogP contribution in [0.15, 0.2) is 47.2 Å². The topological polar surface area (TPSA) is 108 Å². The minimum absolute atomic E-state index is 0.110. The molecule has 3 rings (SSSR count). The lowest BCUT2D eigenvalue weighted by Crippen LogP contribution is -2.25. The minimum Gasteiger partial charge on any atom is -0.497 e. The van der Waals surface area contributed by atoms with Gasteiger partial charge >= 0.3 is 0 Å². The van der Waals surface area contributed by atoms with Crippen molar-refractivity contribution in [3.05, 3.63) is 59.8 Å². The van der Waals surface area contributed by atoms with Gasteiger partial charge < -0.3 is 24.5 Å². The number of benzene rings is 1. The molecule has 2 aromatic heterocycles. The Balaban J connectivity index is 1.80. The zero-order valence-corrected chi connectivity index (χ0v) is 16.4. The second kappa shape index (κ2) is 8.96. The molecule has 0 aliphatic rings. The average molecular weight is 398 g/mol. The van der Waals surface area contributed by atoms with Crippen molar-refractivity contribution in [2.75, 3.05) is 19.5 Å². The molecule has 0 bridgehead atoms. The number of furan rings is 1. The van der Waals surface area contributed by atoms with Crippen LogP contribution in [0.3, 0.4) is 0 Å². The van der Waals surface area contributed by atoms with Crippen LogP contribution in [0.4, 0.5) is 5.69 Å². The van der Waals surface area contributed by atoms with E-state index >= 15 is 0 Å². The Morgan fingerprint density at radius 3 is 2.66 bits per heavy atom. The first kappa shape index (κ1) is 20.0. The van der Waals surface area contributed by atoms with Crippen LogP contribution < -0.4 is 20.1 Å². The highest BCUT2D eigenvalue weighted by Gasteiger charge is 2.21. The van der Waals surface area contributed by atoms with E-state index in [0.29, 0.717) is 35.1 Å². The summed E-state index contributed by atoms with van der Waals surface area (Å²) in [6, 6.07) is 8.35. The largest absolute Gasteiger partial charge is 0.497 e. The fourth-order valence-corrected chi connectivity index (χ4v) is 2.68. The molecule has 0 unspecified atom stereocenters. The number of ether oxygens (including phenoxy) is 2. The van der Waals surface area contributed by atoms with Crippen LogP contribution in [0.5, 0.6) is 11.5 Å². The number of aromatic nitrogens is 2. The van der Waals surface area contributed by atoms with Crippen LogP contribution in [-0.2, 0) is 13.1 Å². The van der Waals surface area contributed by atoms with E-state index in [1.807, 2.05) is 6.92 Å². The number of carbonyl (C=O) groups is 2. The predicted molar refractivity (Wildman–Crippen MR) is 105 cm³/mol. The number of nitrogens with one attached hydrogen (secondary N) is 2. The molecular weight excluding hydrogens is 376 g/mol. The van der Waals surface area contributed by atoms with Gasteiger partial charge in [0.2, 0.25) is 0 Å². The molecule has 9 nitrogen and oxygen atoms in total. The van der Waals surface area contributed by atoms with Gasteiger partial charge in [0.05, 0.1) is 38.3 Å². The summed E-state index contributed by atoms with van der Waals surface area (Å²) in [6.07, 6.45) is 3.14. The van der Waals surface area contributed by atoms with Crippen molar-refractivity contribution < 1.29 is 23.5 Å². The van der Waals surface area contributed by atoms with E-state index in [9.17, 15) is 9.59 Å². The molecule has 0 saturated heterocycles. The number of amides is 2. The maximum atomic E-state index is 12.8.